The summed E-state index contributed by atoms with van der Waals surface area (Å²) in [6.45, 7) is 2.96. The van der Waals surface area contributed by atoms with Crippen LogP contribution >= 0.6 is 0 Å². The number of aliphatic hydroxyl groups excluding tert-OH is 1. The van der Waals surface area contributed by atoms with E-state index in [0.29, 0.717) is 24.4 Å². The largest absolute Gasteiger partial charge is 0.507 e. The third kappa shape index (κ3) is 4.17. The Balaban J connectivity index is 2.14. The van der Waals surface area contributed by atoms with E-state index in [9.17, 15) is 14.7 Å². The molecule has 6 nitrogen and oxygen atoms in total. The van der Waals surface area contributed by atoms with Crippen LogP contribution in [-0.2, 0) is 9.59 Å². The molecule has 0 aliphatic carbocycles. The van der Waals surface area contributed by atoms with Crippen LogP contribution in [0, 0.1) is 6.92 Å². The van der Waals surface area contributed by atoms with Crippen molar-refractivity contribution in [2.45, 2.75) is 13.0 Å². The quantitative estimate of drug-likeness (QED) is 0.463. The van der Waals surface area contributed by atoms with E-state index in [1.807, 2.05) is 50.2 Å². The van der Waals surface area contributed by atoms with Crippen molar-refractivity contribution >= 4 is 17.4 Å². The van der Waals surface area contributed by atoms with Crippen LogP contribution in [0.1, 0.15) is 22.7 Å². The number of likely N-dealkylation sites (N-methyl/N-ethyl adjacent to an activating group) is 1. The molecule has 1 N–H and O–H groups in total. The first kappa shape index (κ1) is 20.6. The fourth-order valence-electron chi connectivity index (χ4n) is 3.44. The summed E-state index contributed by atoms with van der Waals surface area (Å²) in [6, 6.07) is 13.9. The van der Waals surface area contributed by atoms with Crippen molar-refractivity contribution in [2.75, 3.05) is 34.3 Å². The molecule has 1 saturated heterocycles. The van der Waals surface area contributed by atoms with Crippen LogP contribution in [0.15, 0.2) is 54.1 Å². The SMILES string of the molecule is COc1cccc(/C(O)=C2\C(=O)C(=O)N(CCN(C)C)[C@H]2c2ccc(C)cc2)c1. The second-order valence-electron chi connectivity index (χ2n) is 7.44. The molecule has 0 radical (unpaired) electrons. The maximum atomic E-state index is 12.9. The number of nitrogens with zero attached hydrogens (tertiary/aromatic N) is 2. The fraction of sp³-hybridized carbons (Fsp3) is 0.304. The number of carbonyl (C=O) groups is 2. The molecule has 1 fully saturated rings. The minimum absolute atomic E-state index is 0.103. The molecule has 0 unspecified atom stereocenters. The van der Waals surface area contributed by atoms with Crippen molar-refractivity contribution in [1.29, 1.82) is 0 Å². The third-order valence-corrected chi connectivity index (χ3v) is 5.06. The standard InChI is InChI=1S/C23H26N2O4/c1-15-8-10-16(11-9-15)20-19(21(26)17-6-5-7-18(14-17)29-4)22(27)23(28)25(20)13-12-24(2)3/h5-11,14,20,26H,12-13H2,1-4H3/b21-19+/t20-/m0/s1. The zero-order valence-electron chi connectivity index (χ0n) is 17.2. The van der Waals surface area contributed by atoms with Crippen LogP contribution in [0.2, 0.25) is 0 Å². The van der Waals surface area contributed by atoms with Crippen LogP contribution in [-0.4, -0.2) is 60.9 Å². The number of amides is 1. The summed E-state index contributed by atoms with van der Waals surface area (Å²) in [6.07, 6.45) is 0. The maximum absolute atomic E-state index is 12.9. The fourth-order valence-corrected chi connectivity index (χ4v) is 3.44. The van der Waals surface area contributed by atoms with Crippen LogP contribution in [0.5, 0.6) is 5.75 Å². The summed E-state index contributed by atoms with van der Waals surface area (Å²) in [5.74, 6) is -0.903. The minimum Gasteiger partial charge on any atom is -0.507 e. The first-order valence-corrected chi connectivity index (χ1v) is 9.47. The van der Waals surface area contributed by atoms with Crippen molar-refractivity contribution in [3.05, 3.63) is 70.8 Å². The Bertz CT molecular complexity index is 948. The molecule has 0 saturated carbocycles. The van der Waals surface area contributed by atoms with Gasteiger partial charge in [0.05, 0.1) is 18.7 Å². The number of carbonyl (C=O) groups excluding carboxylic acids is 2. The number of rotatable bonds is 6. The molecular weight excluding hydrogens is 368 g/mol. The van der Waals surface area contributed by atoms with Gasteiger partial charge in [-0.2, -0.15) is 0 Å². The van der Waals surface area contributed by atoms with Gasteiger partial charge in [-0.05, 0) is 38.7 Å². The summed E-state index contributed by atoms with van der Waals surface area (Å²) >= 11 is 0. The van der Waals surface area contributed by atoms with Crippen molar-refractivity contribution in [3.63, 3.8) is 0 Å². The Morgan fingerprint density at radius 3 is 2.45 bits per heavy atom. The first-order valence-electron chi connectivity index (χ1n) is 9.47. The lowest BCUT2D eigenvalue weighted by molar-refractivity contribution is -0.140. The number of hydrogen-bond donors (Lipinski definition) is 1. The van der Waals surface area contributed by atoms with Gasteiger partial charge >= 0.3 is 0 Å². The highest BCUT2D eigenvalue weighted by atomic mass is 16.5. The molecule has 0 spiro atoms. The molecule has 1 aliphatic heterocycles. The summed E-state index contributed by atoms with van der Waals surface area (Å²) < 4.78 is 5.22. The van der Waals surface area contributed by atoms with Crippen molar-refractivity contribution in [1.82, 2.24) is 9.80 Å². The van der Waals surface area contributed by atoms with Gasteiger partial charge < -0.3 is 19.6 Å². The van der Waals surface area contributed by atoms with Crippen LogP contribution in [0.25, 0.3) is 5.76 Å². The molecule has 29 heavy (non-hydrogen) atoms. The van der Waals surface area contributed by atoms with Crippen molar-refractivity contribution in [2.24, 2.45) is 0 Å². The zero-order chi connectivity index (χ0) is 21.1. The highest BCUT2D eigenvalue weighted by Crippen LogP contribution is 2.39. The Labute approximate surface area is 171 Å². The van der Waals surface area contributed by atoms with Gasteiger partial charge in [0, 0.05) is 18.7 Å². The van der Waals surface area contributed by atoms with E-state index in [0.717, 1.165) is 11.1 Å². The van der Waals surface area contributed by atoms with Gasteiger partial charge in [0.15, 0.2) is 0 Å². The highest BCUT2D eigenvalue weighted by molar-refractivity contribution is 6.46. The Kier molecular flexibility index (Phi) is 6.03. The minimum atomic E-state index is -0.672. The van der Waals surface area contributed by atoms with Crippen molar-refractivity contribution in [3.8, 4) is 5.75 Å². The predicted octanol–water partition coefficient (Wildman–Crippen LogP) is 2.99. The second-order valence-corrected chi connectivity index (χ2v) is 7.44. The lowest BCUT2D eigenvalue weighted by Crippen LogP contribution is -2.35. The molecule has 0 bridgehead atoms. The number of aryl methyl sites for hydroxylation is 1. The number of Topliss-reactive ketones (excluding diaryl/α,β-unsaturated/α-hetero) is 1. The van der Waals surface area contributed by atoms with Gasteiger partial charge in [-0.15, -0.1) is 0 Å². The molecule has 2 aromatic rings. The van der Waals surface area contributed by atoms with Crippen LogP contribution < -0.4 is 4.74 Å². The summed E-state index contributed by atoms with van der Waals surface area (Å²) in [5, 5.41) is 11.0. The average Bonchev–Trinajstić information content (AvgIpc) is 2.97. The first-order chi connectivity index (χ1) is 13.8. The van der Waals surface area contributed by atoms with E-state index >= 15 is 0 Å². The molecule has 1 heterocycles. The summed E-state index contributed by atoms with van der Waals surface area (Å²) in [4.78, 5) is 29.2. The van der Waals surface area contributed by atoms with Gasteiger partial charge in [0.25, 0.3) is 11.7 Å². The third-order valence-electron chi connectivity index (χ3n) is 5.06. The monoisotopic (exact) mass is 394 g/mol. The molecule has 152 valence electrons. The van der Waals surface area contributed by atoms with E-state index in [1.165, 1.54) is 7.11 Å². The summed E-state index contributed by atoms with van der Waals surface area (Å²) in [7, 11) is 5.35. The van der Waals surface area contributed by atoms with Crippen molar-refractivity contribution < 1.29 is 19.4 Å². The van der Waals surface area contributed by atoms with Gasteiger partial charge in [0.2, 0.25) is 0 Å². The average molecular weight is 394 g/mol. The van der Waals surface area contributed by atoms with E-state index in [1.54, 1.807) is 29.2 Å². The molecule has 1 aliphatic rings. The summed E-state index contributed by atoms with van der Waals surface area (Å²) in [5.41, 5.74) is 2.41. The molecule has 6 heteroatoms. The molecule has 1 amide bonds. The van der Waals surface area contributed by atoms with Crippen LogP contribution in [0.3, 0.4) is 0 Å². The van der Waals surface area contributed by atoms with E-state index < -0.39 is 17.7 Å². The van der Waals surface area contributed by atoms with Crippen LogP contribution in [0.4, 0.5) is 0 Å². The smallest absolute Gasteiger partial charge is 0.295 e. The number of methoxy groups -OCH3 is 1. The molecule has 0 aromatic heterocycles. The molecular formula is C23H26N2O4. The van der Waals surface area contributed by atoms with E-state index in [4.69, 9.17) is 4.74 Å². The highest BCUT2D eigenvalue weighted by Gasteiger charge is 2.45. The molecule has 3 rings (SSSR count). The number of benzene rings is 2. The Hall–Kier alpha value is -3.12. The van der Waals surface area contributed by atoms with E-state index in [2.05, 4.69) is 0 Å². The number of aliphatic hydroxyl groups is 1. The molecule has 2 aromatic carbocycles. The maximum Gasteiger partial charge on any atom is 0.295 e. The second kappa shape index (κ2) is 8.49. The zero-order valence-corrected chi connectivity index (χ0v) is 17.2. The number of likely N-dealkylation sites (tertiary alicyclic amines) is 1. The normalized spacial score (nSPS) is 18.5. The lowest BCUT2D eigenvalue weighted by Gasteiger charge is -2.26. The van der Waals surface area contributed by atoms with Gasteiger partial charge in [-0.1, -0.05) is 42.0 Å². The van der Waals surface area contributed by atoms with Gasteiger partial charge in [-0.25, -0.2) is 0 Å². The Morgan fingerprint density at radius 1 is 1.14 bits per heavy atom. The molecule has 1 atom stereocenters. The number of ether oxygens (including phenoxy) is 1. The number of ketones is 1. The topological polar surface area (TPSA) is 70.1 Å². The predicted molar refractivity (Wildman–Crippen MR) is 112 cm³/mol. The lowest BCUT2D eigenvalue weighted by atomic mass is 9.94. The number of hydrogen-bond acceptors (Lipinski definition) is 5. The van der Waals surface area contributed by atoms with Gasteiger partial charge in [0.1, 0.15) is 11.5 Å². The Morgan fingerprint density at radius 2 is 1.83 bits per heavy atom. The van der Waals surface area contributed by atoms with E-state index in [-0.39, 0.29) is 11.3 Å². The van der Waals surface area contributed by atoms with Gasteiger partial charge in [-0.3, -0.25) is 9.59 Å².